The number of hydrogen-bond donors (Lipinski definition) is 1. The molecule has 1 saturated heterocycles. The van der Waals surface area contributed by atoms with E-state index in [0.29, 0.717) is 28.4 Å². The summed E-state index contributed by atoms with van der Waals surface area (Å²) in [6, 6.07) is 7.66. The average molecular weight is 445 g/mol. The number of nitrogens with zero attached hydrogens (tertiary/aromatic N) is 1. The van der Waals surface area contributed by atoms with Crippen LogP contribution in [0.1, 0.15) is 40.6 Å². The van der Waals surface area contributed by atoms with Crippen LogP contribution in [-0.2, 0) is 14.3 Å². The van der Waals surface area contributed by atoms with E-state index >= 15 is 0 Å². The van der Waals surface area contributed by atoms with Crippen LogP contribution in [-0.4, -0.2) is 42.9 Å². The quantitative estimate of drug-likeness (QED) is 0.710. The van der Waals surface area contributed by atoms with E-state index in [1.165, 1.54) is 19.1 Å². The van der Waals surface area contributed by atoms with Crippen LogP contribution in [0, 0.1) is 6.92 Å². The molecule has 4 rings (SSSR count). The van der Waals surface area contributed by atoms with E-state index in [1.54, 1.807) is 30.3 Å². The van der Waals surface area contributed by atoms with E-state index in [2.05, 4.69) is 5.32 Å². The summed E-state index contributed by atoms with van der Waals surface area (Å²) in [5, 5.41) is 3.33. The van der Waals surface area contributed by atoms with Crippen molar-refractivity contribution in [2.45, 2.75) is 32.0 Å². The summed E-state index contributed by atoms with van der Waals surface area (Å²) in [5.41, 5.74) is 2.04. The van der Waals surface area contributed by atoms with Crippen molar-refractivity contribution in [2.24, 2.45) is 0 Å². The molecule has 2 aliphatic heterocycles. The summed E-state index contributed by atoms with van der Waals surface area (Å²) < 4.78 is 16.1. The Balaban J connectivity index is 1.66. The summed E-state index contributed by atoms with van der Waals surface area (Å²) in [6.45, 7) is 1.85. The van der Waals surface area contributed by atoms with E-state index < -0.39 is 18.2 Å². The number of carbonyl (C=O) groups excluding carboxylic acids is 3. The fraction of sp³-hybridized carbons (Fsp3) is 0.318. The summed E-state index contributed by atoms with van der Waals surface area (Å²) in [4.78, 5) is 39.7. The molecule has 0 aromatic heterocycles. The third-order valence-electron chi connectivity index (χ3n) is 5.53. The summed E-state index contributed by atoms with van der Waals surface area (Å²) in [7, 11) is 2.88. The van der Waals surface area contributed by atoms with Crippen molar-refractivity contribution in [3.8, 4) is 11.5 Å². The normalized spacial score (nSPS) is 19.8. The summed E-state index contributed by atoms with van der Waals surface area (Å²) in [5.74, 6) is -0.683. The van der Waals surface area contributed by atoms with Crippen LogP contribution in [0.4, 0.5) is 5.69 Å². The van der Waals surface area contributed by atoms with E-state index in [1.807, 2.05) is 6.92 Å². The lowest BCUT2D eigenvalue weighted by Gasteiger charge is -2.29. The Morgan fingerprint density at radius 1 is 1.19 bits per heavy atom. The molecule has 0 saturated carbocycles. The van der Waals surface area contributed by atoms with Gasteiger partial charge < -0.3 is 19.5 Å². The molecule has 2 heterocycles. The van der Waals surface area contributed by atoms with Crippen LogP contribution in [0.2, 0.25) is 5.02 Å². The highest BCUT2D eigenvalue weighted by molar-refractivity contribution is 6.31. The Morgan fingerprint density at radius 2 is 1.97 bits per heavy atom. The molecule has 9 heteroatoms. The Labute approximate surface area is 184 Å². The lowest BCUT2D eigenvalue weighted by atomic mass is 10.0. The third kappa shape index (κ3) is 3.57. The van der Waals surface area contributed by atoms with Gasteiger partial charge in [-0.2, -0.15) is 0 Å². The van der Waals surface area contributed by atoms with Gasteiger partial charge in [0.25, 0.3) is 0 Å². The molecule has 0 aliphatic carbocycles. The molecule has 0 bridgehead atoms. The van der Waals surface area contributed by atoms with Crippen LogP contribution in [0.3, 0.4) is 0 Å². The highest BCUT2D eigenvalue weighted by atomic mass is 35.5. The molecule has 2 aliphatic rings. The second-order valence-electron chi connectivity index (χ2n) is 7.33. The van der Waals surface area contributed by atoms with Gasteiger partial charge in [0.2, 0.25) is 18.0 Å². The molecule has 8 nitrogen and oxygen atoms in total. The molecule has 2 aromatic carbocycles. The molecule has 2 amide bonds. The number of methoxy groups -OCH3 is 2. The van der Waals surface area contributed by atoms with Crippen LogP contribution in [0.5, 0.6) is 11.5 Å². The van der Waals surface area contributed by atoms with Crippen LogP contribution in [0.25, 0.3) is 0 Å². The lowest BCUT2D eigenvalue weighted by Crippen LogP contribution is -2.44. The molecule has 2 atom stereocenters. The van der Waals surface area contributed by atoms with Gasteiger partial charge in [-0.05, 0) is 43.2 Å². The summed E-state index contributed by atoms with van der Waals surface area (Å²) in [6.07, 6.45) is -0.543. The van der Waals surface area contributed by atoms with Crippen molar-refractivity contribution < 1.29 is 28.6 Å². The van der Waals surface area contributed by atoms with Gasteiger partial charge in [-0.1, -0.05) is 17.7 Å². The first-order chi connectivity index (χ1) is 14.8. The zero-order valence-electron chi connectivity index (χ0n) is 17.2. The molecule has 1 N–H and O–H groups in total. The third-order valence-corrected chi connectivity index (χ3v) is 5.77. The number of fused-ring (bicyclic) bond motifs is 1. The number of amides is 2. The topological polar surface area (TPSA) is 94.2 Å². The first-order valence-electron chi connectivity index (χ1n) is 9.69. The molecule has 0 spiro atoms. The van der Waals surface area contributed by atoms with Crippen molar-refractivity contribution in [1.82, 2.24) is 4.90 Å². The number of hydrogen-bond acceptors (Lipinski definition) is 6. The molecule has 0 unspecified atom stereocenters. The lowest BCUT2D eigenvalue weighted by molar-refractivity contribution is -0.144. The zero-order valence-corrected chi connectivity index (χ0v) is 18.0. The first kappa shape index (κ1) is 21.0. The molecular formula is C22H21ClN2O6. The number of likely N-dealkylation sites (tertiary alicyclic amines) is 1. The minimum atomic E-state index is -1.02. The fourth-order valence-electron chi connectivity index (χ4n) is 3.99. The molecule has 162 valence electrons. The van der Waals surface area contributed by atoms with Crippen molar-refractivity contribution in [2.75, 3.05) is 19.5 Å². The van der Waals surface area contributed by atoms with Crippen molar-refractivity contribution in [3.05, 3.63) is 52.0 Å². The van der Waals surface area contributed by atoms with E-state index in [4.69, 9.17) is 25.8 Å². The maximum absolute atomic E-state index is 13.1. The van der Waals surface area contributed by atoms with Gasteiger partial charge in [0.1, 0.15) is 11.6 Å². The second kappa shape index (κ2) is 8.11. The SMILES string of the molecule is COc1ccc2c(c1OC)C(=O)O[C@H]2N1C(=O)CC[C@H]1C(=O)Nc1cc(Cl)ccc1C. The fourth-order valence-corrected chi connectivity index (χ4v) is 4.16. The van der Waals surface area contributed by atoms with Crippen molar-refractivity contribution in [1.29, 1.82) is 0 Å². The van der Waals surface area contributed by atoms with Gasteiger partial charge in [0, 0.05) is 22.7 Å². The second-order valence-corrected chi connectivity index (χ2v) is 7.76. The minimum Gasteiger partial charge on any atom is -0.493 e. The maximum atomic E-state index is 13.1. The Morgan fingerprint density at radius 3 is 2.68 bits per heavy atom. The van der Waals surface area contributed by atoms with Gasteiger partial charge in [0.15, 0.2) is 11.5 Å². The number of ether oxygens (including phenoxy) is 3. The molecular weight excluding hydrogens is 424 g/mol. The highest BCUT2D eigenvalue weighted by Crippen LogP contribution is 2.45. The molecule has 2 aromatic rings. The number of carbonyl (C=O) groups is 3. The van der Waals surface area contributed by atoms with E-state index in [9.17, 15) is 14.4 Å². The zero-order chi connectivity index (χ0) is 22.3. The van der Waals surface area contributed by atoms with Gasteiger partial charge in [0.05, 0.1) is 14.2 Å². The van der Waals surface area contributed by atoms with Crippen LogP contribution < -0.4 is 14.8 Å². The largest absolute Gasteiger partial charge is 0.493 e. The molecule has 1 fully saturated rings. The van der Waals surface area contributed by atoms with Crippen molar-refractivity contribution >= 4 is 35.1 Å². The number of halogens is 1. The Hall–Kier alpha value is -3.26. The number of nitrogens with one attached hydrogen (secondary N) is 1. The maximum Gasteiger partial charge on any atom is 0.344 e. The smallest absolute Gasteiger partial charge is 0.344 e. The van der Waals surface area contributed by atoms with E-state index in [0.717, 1.165) is 5.56 Å². The molecule has 31 heavy (non-hydrogen) atoms. The predicted molar refractivity (Wildman–Crippen MR) is 112 cm³/mol. The van der Waals surface area contributed by atoms with Gasteiger partial charge in [-0.3, -0.25) is 14.5 Å². The monoisotopic (exact) mass is 444 g/mol. The summed E-state index contributed by atoms with van der Waals surface area (Å²) >= 11 is 6.05. The van der Waals surface area contributed by atoms with Gasteiger partial charge >= 0.3 is 5.97 Å². The minimum absolute atomic E-state index is 0.170. The van der Waals surface area contributed by atoms with Crippen LogP contribution >= 0.6 is 11.6 Å². The van der Waals surface area contributed by atoms with E-state index in [-0.39, 0.29) is 29.5 Å². The number of benzene rings is 2. The molecule has 0 radical (unpaired) electrons. The first-order valence-corrected chi connectivity index (χ1v) is 10.1. The van der Waals surface area contributed by atoms with Crippen molar-refractivity contribution in [3.63, 3.8) is 0 Å². The number of rotatable bonds is 5. The van der Waals surface area contributed by atoms with Crippen LogP contribution in [0.15, 0.2) is 30.3 Å². The standard InChI is InChI=1S/C22H21ClN2O6/c1-11-4-5-12(23)10-14(11)24-20(27)15-7-9-17(26)25(15)21-13-6-8-16(29-2)19(30-3)18(13)22(28)31-21/h4-6,8,10,15,21H,7,9H2,1-3H3,(H,24,27)/t15-,21+/m0/s1. The number of aryl methyl sites for hydroxylation is 1. The van der Waals surface area contributed by atoms with Gasteiger partial charge in [-0.25, -0.2) is 4.79 Å². The number of anilines is 1. The number of esters is 1. The number of cyclic esters (lactones) is 1. The van der Waals surface area contributed by atoms with Gasteiger partial charge in [-0.15, -0.1) is 0 Å². The highest BCUT2D eigenvalue weighted by Gasteiger charge is 2.47. The average Bonchev–Trinajstić information content (AvgIpc) is 3.29. The predicted octanol–water partition coefficient (Wildman–Crippen LogP) is 3.46. The Bertz CT molecular complexity index is 1090. The Kier molecular flexibility index (Phi) is 5.49.